The van der Waals surface area contributed by atoms with Gasteiger partial charge < -0.3 is 47.7 Å². The molecule has 0 radical (unpaired) electrons. The molecule has 2 aromatic carbocycles. The molecule has 51 heavy (non-hydrogen) atoms. The average Bonchev–Trinajstić information content (AvgIpc) is 3.17. The van der Waals surface area contributed by atoms with Gasteiger partial charge in [0.25, 0.3) is 0 Å². The highest BCUT2D eigenvalue weighted by Gasteiger charge is 2.21. The van der Waals surface area contributed by atoms with Gasteiger partial charge in [0, 0.05) is 48.7 Å². The van der Waals surface area contributed by atoms with E-state index in [0.717, 1.165) is 79.1 Å². The summed E-state index contributed by atoms with van der Waals surface area (Å²) in [6.07, 6.45) is 6.61. The number of benzene rings is 2. The molecule has 280 valence electrons. The molecule has 1 aliphatic carbocycles. The summed E-state index contributed by atoms with van der Waals surface area (Å²) < 4.78 is 45.4. The number of anilines is 2. The van der Waals surface area contributed by atoms with E-state index >= 15 is 0 Å². The number of hydrogen-bond donors (Lipinski definition) is 0. The van der Waals surface area contributed by atoms with Crippen LogP contribution in [0, 0.1) is 0 Å². The minimum atomic E-state index is 0.134. The van der Waals surface area contributed by atoms with Gasteiger partial charge in [-0.05, 0) is 66.8 Å². The molecule has 2 aromatic rings. The second-order valence-electron chi connectivity index (χ2n) is 12.6. The molecule has 3 fully saturated rings. The number of rotatable bonds is 4. The van der Waals surface area contributed by atoms with Crippen LogP contribution in [0.15, 0.2) is 59.7 Å². The molecule has 1 saturated carbocycles. The Morgan fingerprint density at radius 2 is 0.667 bits per heavy atom. The zero-order valence-electron chi connectivity index (χ0n) is 30.1. The molecule has 0 unspecified atom stereocenters. The number of hydrogen-bond acceptors (Lipinski definition) is 11. The van der Waals surface area contributed by atoms with Crippen molar-refractivity contribution < 1.29 is 42.7 Å². The van der Waals surface area contributed by atoms with Crippen molar-refractivity contribution in [3.05, 3.63) is 70.8 Å². The lowest BCUT2D eigenvalue weighted by Gasteiger charge is -2.25. The Morgan fingerprint density at radius 3 is 0.961 bits per heavy atom. The smallest absolute Gasteiger partial charge is 0.185 e. The fourth-order valence-electron chi connectivity index (χ4n) is 6.11. The van der Waals surface area contributed by atoms with E-state index in [1.54, 1.807) is 0 Å². The Hall–Kier alpha value is -3.13. The fourth-order valence-corrected chi connectivity index (χ4v) is 6.11. The van der Waals surface area contributed by atoms with Crippen molar-refractivity contribution in [2.45, 2.75) is 19.3 Å². The summed E-state index contributed by atoms with van der Waals surface area (Å²) in [6, 6.07) is 16.8. The summed E-state index contributed by atoms with van der Waals surface area (Å²) in [4.78, 5) is 18.2. The summed E-state index contributed by atoms with van der Waals surface area (Å²) in [5, 5.41) is 0. The molecular formula is C40H56N2O9. The second-order valence-corrected chi connectivity index (χ2v) is 12.6. The molecule has 2 saturated heterocycles. The summed E-state index contributed by atoms with van der Waals surface area (Å²) in [6.45, 7) is 12.2. The Labute approximate surface area is 303 Å². The molecule has 3 aliphatic rings. The van der Waals surface area contributed by atoms with Crippen molar-refractivity contribution in [2.75, 3.05) is 142 Å². The fraction of sp³-hybridized carbons (Fsp3) is 0.575. The van der Waals surface area contributed by atoms with Crippen LogP contribution < -0.4 is 9.80 Å². The minimum Gasteiger partial charge on any atom is -0.377 e. The van der Waals surface area contributed by atoms with Gasteiger partial charge in [-0.25, -0.2) is 0 Å². The summed E-state index contributed by atoms with van der Waals surface area (Å²) >= 11 is 0. The second kappa shape index (κ2) is 23.4. The quantitative estimate of drug-likeness (QED) is 0.415. The lowest BCUT2D eigenvalue weighted by Crippen LogP contribution is -2.31. The van der Waals surface area contributed by atoms with Crippen LogP contribution in [0.4, 0.5) is 11.4 Å². The third kappa shape index (κ3) is 14.4. The van der Waals surface area contributed by atoms with E-state index in [0.29, 0.717) is 106 Å². The zero-order valence-corrected chi connectivity index (χ0v) is 30.1. The lowest BCUT2D eigenvalue weighted by molar-refractivity contribution is -0.112. The maximum atomic E-state index is 13.6. The number of carbonyl (C=O) groups is 1. The molecule has 2 heterocycles. The number of carbonyl (C=O) groups excluding carboxylic acids is 1. The lowest BCUT2D eigenvalue weighted by atomic mass is 9.87. The SMILES string of the molecule is O=C1/C(=C\c2ccc(N3CCOCCOCCOCCOCC3)cc2)CCC/C1=C\c1ccc(N2CCOCCOCCOCCOCC2)cc1. The van der Waals surface area contributed by atoms with Gasteiger partial charge in [-0.15, -0.1) is 0 Å². The molecule has 0 spiro atoms. The van der Waals surface area contributed by atoms with Crippen LogP contribution in [0.3, 0.4) is 0 Å². The maximum Gasteiger partial charge on any atom is 0.185 e. The number of nitrogens with zero attached hydrogens (tertiary/aromatic N) is 2. The standard InChI is InChI=1S/C40H56N2O9/c43-40-36(32-34-4-8-38(9-5-34)41-12-16-44-20-24-48-28-29-49-25-21-45-17-13-41)2-1-3-37(40)33-35-6-10-39(11-7-35)42-14-18-46-22-26-50-30-31-51-27-23-47-19-15-42/h4-11,32-33H,1-3,12-31H2/b36-32-,37-33+. The summed E-state index contributed by atoms with van der Waals surface area (Å²) in [5.41, 5.74) is 5.95. The van der Waals surface area contributed by atoms with Gasteiger partial charge in [-0.2, -0.15) is 0 Å². The molecule has 2 aliphatic heterocycles. The molecule has 11 nitrogen and oxygen atoms in total. The van der Waals surface area contributed by atoms with Crippen LogP contribution in [-0.4, -0.2) is 138 Å². The van der Waals surface area contributed by atoms with E-state index in [-0.39, 0.29) is 5.78 Å². The van der Waals surface area contributed by atoms with Crippen LogP contribution in [0.25, 0.3) is 12.2 Å². The molecular weight excluding hydrogens is 652 g/mol. The van der Waals surface area contributed by atoms with Crippen LogP contribution >= 0.6 is 0 Å². The summed E-state index contributed by atoms with van der Waals surface area (Å²) in [7, 11) is 0. The van der Waals surface area contributed by atoms with Crippen molar-refractivity contribution in [2.24, 2.45) is 0 Å². The minimum absolute atomic E-state index is 0.134. The predicted molar refractivity (Wildman–Crippen MR) is 199 cm³/mol. The third-order valence-corrected chi connectivity index (χ3v) is 8.93. The largest absolute Gasteiger partial charge is 0.377 e. The molecule has 0 bridgehead atoms. The molecule has 11 heteroatoms. The number of ether oxygens (including phenoxy) is 8. The third-order valence-electron chi connectivity index (χ3n) is 8.93. The predicted octanol–water partition coefficient (Wildman–Crippen LogP) is 4.68. The van der Waals surface area contributed by atoms with Crippen molar-refractivity contribution in [1.29, 1.82) is 0 Å². The highest BCUT2D eigenvalue weighted by atomic mass is 16.6. The molecule has 5 rings (SSSR count). The Kier molecular flexibility index (Phi) is 18.0. The van der Waals surface area contributed by atoms with Gasteiger partial charge in [0.05, 0.1) is 106 Å². The van der Waals surface area contributed by atoms with Crippen LogP contribution in [0.1, 0.15) is 30.4 Å². The van der Waals surface area contributed by atoms with Gasteiger partial charge >= 0.3 is 0 Å². The van der Waals surface area contributed by atoms with Gasteiger partial charge in [0.1, 0.15) is 0 Å². The van der Waals surface area contributed by atoms with Gasteiger partial charge in [0.15, 0.2) is 5.78 Å². The molecule has 0 amide bonds. The molecule has 0 N–H and O–H groups in total. The van der Waals surface area contributed by atoms with Crippen molar-refractivity contribution in [1.82, 2.24) is 0 Å². The van der Waals surface area contributed by atoms with Gasteiger partial charge in [0.2, 0.25) is 0 Å². The summed E-state index contributed by atoms with van der Waals surface area (Å²) in [5.74, 6) is 0.134. The highest BCUT2D eigenvalue weighted by Crippen LogP contribution is 2.29. The topological polar surface area (TPSA) is 97.4 Å². The number of ketones is 1. The normalized spacial score (nSPS) is 22.9. The van der Waals surface area contributed by atoms with E-state index in [4.69, 9.17) is 37.9 Å². The number of allylic oxidation sites excluding steroid dienone is 2. The Balaban J connectivity index is 1.17. The van der Waals surface area contributed by atoms with Crippen molar-refractivity contribution in [3.8, 4) is 0 Å². The van der Waals surface area contributed by atoms with E-state index in [1.807, 2.05) is 12.2 Å². The number of Topliss-reactive ketones (excluding diaryl/α,β-unsaturated/α-hetero) is 1. The first-order chi connectivity index (χ1) is 25.3. The Morgan fingerprint density at radius 1 is 0.392 bits per heavy atom. The first-order valence-corrected chi connectivity index (χ1v) is 18.5. The van der Waals surface area contributed by atoms with Crippen molar-refractivity contribution in [3.63, 3.8) is 0 Å². The first-order valence-electron chi connectivity index (χ1n) is 18.5. The first kappa shape index (κ1) is 39.1. The van der Waals surface area contributed by atoms with Crippen LogP contribution in [-0.2, 0) is 42.7 Å². The zero-order chi connectivity index (χ0) is 35.2. The molecule has 0 aromatic heterocycles. The van der Waals surface area contributed by atoms with E-state index in [2.05, 4.69) is 58.3 Å². The van der Waals surface area contributed by atoms with Gasteiger partial charge in [-0.3, -0.25) is 4.79 Å². The maximum absolute atomic E-state index is 13.6. The van der Waals surface area contributed by atoms with Crippen LogP contribution in [0.5, 0.6) is 0 Å². The van der Waals surface area contributed by atoms with E-state index < -0.39 is 0 Å². The van der Waals surface area contributed by atoms with Crippen molar-refractivity contribution >= 4 is 29.3 Å². The molecule has 0 atom stereocenters. The van der Waals surface area contributed by atoms with E-state index in [9.17, 15) is 4.79 Å². The Bertz CT molecular complexity index is 1200. The van der Waals surface area contributed by atoms with Gasteiger partial charge in [-0.1, -0.05) is 24.3 Å². The van der Waals surface area contributed by atoms with E-state index in [1.165, 1.54) is 0 Å². The van der Waals surface area contributed by atoms with Crippen LogP contribution in [0.2, 0.25) is 0 Å². The average molecular weight is 709 g/mol. The highest BCUT2D eigenvalue weighted by molar-refractivity contribution is 6.14. The monoisotopic (exact) mass is 708 g/mol.